The molecule has 0 aliphatic rings. The Labute approximate surface area is 167 Å². The fraction of sp³-hybridized carbons (Fsp3) is 0.238. The van der Waals surface area contributed by atoms with E-state index in [1.165, 1.54) is 0 Å². The molecular formula is C21H22N4O4. The van der Waals surface area contributed by atoms with Gasteiger partial charge in [0.15, 0.2) is 0 Å². The molecule has 1 aromatic heterocycles. The van der Waals surface area contributed by atoms with Gasteiger partial charge >= 0.3 is 11.7 Å². The van der Waals surface area contributed by atoms with Crippen molar-refractivity contribution < 1.29 is 14.3 Å². The first-order valence-electron chi connectivity index (χ1n) is 9.30. The maximum Gasteiger partial charge on any atom is 0.341 e. The molecule has 3 aromatic rings. The van der Waals surface area contributed by atoms with Crippen molar-refractivity contribution in [2.75, 3.05) is 6.61 Å². The Balaban J connectivity index is 1.72. The van der Waals surface area contributed by atoms with Crippen LogP contribution in [-0.2, 0) is 16.0 Å². The molecule has 8 nitrogen and oxygen atoms in total. The lowest BCUT2D eigenvalue weighted by Crippen LogP contribution is -2.39. The summed E-state index contributed by atoms with van der Waals surface area (Å²) in [6.07, 6.45) is 0.433. The van der Waals surface area contributed by atoms with Gasteiger partial charge in [-0.3, -0.25) is 14.6 Å². The Bertz CT molecular complexity index is 1010. The molecule has 8 heteroatoms. The molecule has 2 aromatic carbocycles. The van der Waals surface area contributed by atoms with E-state index in [1.807, 2.05) is 54.6 Å². The van der Waals surface area contributed by atoms with Crippen molar-refractivity contribution in [2.45, 2.75) is 25.8 Å². The fourth-order valence-corrected chi connectivity index (χ4v) is 2.98. The molecular weight excluding hydrogens is 372 g/mol. The van der Waals surface area contributed by atoms with E-state index in [0.29, 0.717) is 6.42 Å². The minimum atomic E-state index is -0.575. The van der Waals surface area contributed by atoms with Crippen LogP contribution in [0.2, 0.25) is 0 Å². The van der Waals surface area contributed by atoms with Crippen molar-refractivity contribution in [3.63, 3.8) is 0 Å². The Hall–Kier alpha value is -3.68. The maximum absolute atomic E-state index is 12.3. The van der Waals surface area contributed by atoms with Crippen LogP contribution in [0.15, 0.2) is 59.4 Å². The van der Waals surface area contributed by atoms with E-state index in [1.54, 1.807) is 6.92 Å². The van der Waals surface area contributed by atoms with Gasteiger partial charge in [0, 0.05) is 6.04 Å². The van der Waals surface area contributed by atoms with Crippen molar-refractivity contribution in [1.82, 2.24) is 20.5 Å². The van der Waals surface area contributed by atoms with Crippen LogP contribution in [0.3, 0.4) is 0 Å². The number of amides is 1. The standard InChI is InChI=1S/C21H22N4O4/c1-2-29-18(26)13-17(22-20(27)19-23-21(28)25-24-19)12-14-8-10-16(11-9-14)15-6-4-3-5-7-15/h3-11,17H,2,12-13H2,1H3,(H,22,27)(H2,23,24,25,28)/t17-/m1/s1. The van der Waals surface area contributed by atoms with Crippen molar-refractivity contribution >= 4 is 11.9 Å². The monoisotopic (exact) mass is 394 g/mol. The molecule has 0 unspecified atom stereocenters. The van der Waals surface area contributed by atoms with Crippen molar-refractivity contribution in [3.05, 3.63) is 76.5 Å². The Morgan fingerprint density at radius 3 is 2.38 bits per heavy atom. The zero-order chi connectivity index (χ0) is 20.6. The first-order valence-corrected chi connectivity index (χ1v) is 9.30. The average Bonchev–Trinajstić information content (AvgIpc) is 3.16. The summed E-state index contributed by atoms with van der Waals surface area (Å²) in [4.78, 5) is 37.7. The molecule has 3 rings (SSSR count). The average molecular weight is 394 g/mol. The van der Waals surface area contributed by atoms with Crippen molar-refractivity contribution in [1.29, 1.82) is 0 Å². The first kappa shape index (κ1) is 20.1. The minimum absolute atomic E-state index is 0.00860. The summed E-state index contributed by atoms with van der Waals surface area (Å²) in [7, 11) is 0. The van der Waals surface area contributed by atoms with Gasteiger partial charge in [0.05, 0.1) is 13.0 Å². The Kier molecular flexibility index (Phi) is 6.57. The third-order valence-electron chi connectivity index (χ3n) is 4.31. The number of carbonyl (C=O) groups excluding carboxylic acids is 2. The quantitative estimate of drug-likeness (QED) is 0.506. The largest absolute Gasteiger partial charge is 0.466 e. The van der Waals surface area contributed by atoms with Gasteiger partial charge in [-0.05, 0) is 30.0 Å². The summed E-state index contributed by atoms with van der Waals surface area (Å²) in [5, 5.41) is 8.50. The van der Waals surface area contributed by atoms with Crippen LogP contribution in [0.4, 0.5) is 0 Å². The van der Waals surface area contributed by atoms with Crippen molar-refractivity contribution in [3.8, 4) is 11.1 Å². The van der Waals surface area contributed by atoms with Crippen LogP contribution < -0.4 is 11.0 Å². The van der Waals surface area contributed by atoms with Gasteiger partial charge in [-0.15, -0.1) is 5.10 Å². The molecule has 0 fully saturated rings. The molecule has 1 amide bonds. The van der Waals surface area contributed by atoms with Gasteiger partial charge in [-0.25, -0.2) is 9.89 Å². The number of aromatic amines is 2. The van der Waals surface area contributed by atoms with E-state index in [0.717, 1.165) is 16.7 Å². The minimum Gasteiger partial charge on any atom is -0.466 e. The molecule has 1 atom stereocenters. The molecule has 0 spiro atoms. The lowest BCUT2D eigenvalue weighted by atomic mass is 9.99. The highest BCUT2D eigenvalue weighted by Crippen LogP contribution is 2.20. The third-order valence-corrected chi connectivity index (χ3v) is 4.31. The second-order valence-electron chi connectivity index (χ2n) is 6.47. The van der Waals surface area contributed by atoms with Gasteiger partial charge < -0.3 is 10.1 Å². The van der Waals surface area contributed by atoms with Crippen LogP contribution in [0, 0.1) is 0 Å². The first-order chi connectivity index (χ1) is 14.0. The number of aromatic nitrogens is 3. The number of esters is 1. The van der Waals surface area contributed by atoms with Gasteiger partial charge in [0.25, 0.3) is 5.91 Å². The number of hydrogen-bond acceptors (Lipinski definition) is 5. The lowest BCUT2D eigenvalue weighted by Gasteiger charge is -2.17. The zero-order valence-corrected chi connectivity index (χ0v) is 16.0. The molecule has 0 aliphatic heterocycles. The fourth-order valence-electron chi connectivity index (χ4n) is 2.98. The second kappa shape index (κ2) is 9.50. The van der Waals surface area contributed by atoms with E-state index in [-0.39, 0.29) is 18.9 Å². The van der Waals surface area contributed by atoms with E-state index in [4.69, 9.17) is 4.74 Å². The highest BCUT2D eigenvalue weighted by Gasteiger charge is 2.20. The number of nitrogens with one attached hydrogen (secondary N) is 3. The smallest absolute Gasteiger partial charge is 0.341 e. The molecule has 150 valence electrons. The Morgan fingerprint density at radius 2 is 1.76 bits per heavy atom. The number of H-pyrrole nitrogens is 2. The van der Waals surface area contributed by atoms with Gasteiger partial charge in [-0.2, -0.15) is 0 Å². The van der Waals surface area contributed by atoms with Crippen LogP contribution >= 0.6 is 0 Å². The van der Waals surface area contributed by atoms with E-state index in [2.05, 4.69) is 20.5 Å². The van der Waals surface area contributed by atoms with Crippen LogP contribution in [0.1, 0.15) is 29.5 Å². The highest BCUT2D eigenvalue weighted by atomic mass is 16.5. The molecule has 0 radical (unpaired) electrons. The topological polar surface area (TPSA) is 117 Å². The Morgan fingerprint density at radius 1 is 1.07 bits per heavy atom. The molecule has 0 aliphatic carbocycles. The second-order valence-corrected chi connectivity index (χ2v) is 6.47. The van der Waals surface area contributed by atoms with Gasteiger partial charge in [0.2, 0.25) is 5.82 Å². The highest BCUT2D eigenvalue weighted by molar-refractivity contribution is 5.90. The summed E-state index contributed by atoms with van der Waals surface area (Å²) < 4.78 is 5.01. The molecule has 29 heavy (non-hydrogen) atoms. The number of hydrogen-bond donors (Lipinski definition) is 3. The molecule has 0 bridgehead atoms. The predicted octanol–water partition coefficient (Wildman–Crippen LogP) is 2.06. The third kappa shape index (κ3) is 5.65. The van der Waals surface area contributed by atoms with Crippen LogP contribution in [-0.4, -0.2) is 39.7 Å². The number of rotatable bonds is 8. The number of carbonyl (C=O) groups is 2. The summed E-state index contributed by atoms with van der Waals surface area (Å²) in [5.41, 5.74) is 2.57. The number of benzene rings is 2. The lowest BCUT2D eigenvalue weighted by molar-refractivity contribution is -0.143. The zero-order valence-electron chi connectivity index (χ0n) is 16.0. The molecule has 3 N–H and O–H groups in total. The van der Waals surface area contributed by atoms with Crippen LogP contribution in [0.25, 0.3) is 11.1 Å². The van der Waals surface area contributed by atoms with E-state index in [9.17, 15) is 14.4 Å². The van der Waals surface area contributed by atoms with Crippen LogP contribution in [0.5, 0.6) is 0 Å². The maximum atomic E-state index is 12.3. The van der Waals surface area contributed by atoms with Gasteiger partial charge in [-0.1, -0.05) is 54.6 Å². The van der Waals surface area contributed by atoms with E-state index >= 15 is 0 Å². The number of nitrogens with zero attached hydrogens (tertiary/aromatic N) is 1. The SMILES string of the molecule is CCOC(=O)C[C@@H](Cc1ccc(-c2ccccc2)cc1)NC(=O)c1n[nH]c(=O)[nH]1. The van der Waals surface area contributed by atoms with Gasteiger partial charge in [0.1, 0.15) is 0 Å². The molecule has 0 saturated carbocycles. The summed E-state index contributed by atoms with van der Waals surface area (Å²) in [5.74, 6) is -1.11. The summed E-state index contributed by atoms with van der Waals surface area (Å²) >= 11 is 0. The summed E-state index contributed by atoms with van der Waals surface area (Å²) in [6, 6.07) is 17.4. The van der Waals surface area contributed by atoms with Crippen molar-refractivity contribution in [2.24, 2.45) is 0 Å². The normalized spacial score (nSPS) is 11.6. The van der Waals surface area contributed by atoms with E-state index < -0.39 is 23.6 Å². The predicted molar refractivity (Wildman–Crippen MR) is 107 cm³/mol. The summed E-state index contributed by atoms with van der Waals surface area (Å²) in [6.45, 7) is 1.99. The molecule has 1 heterocycles. The number of ether oxygens (including phenoxy) is 1. The molecule has 0 saturated heterocycles.